The van der Waals surface area contributed by atoms with E-state index in [1.54, 1.807) is 12.1 Å². The number of benzene rings is 2. The van der Waals surface area contributed by atoms with Crippen molar-refractivity contribution >= 4 is 5.69 Å². The van der Waals surface area contributed by atoms with Crippen LogP contribution in [-0.2, 0) is 6.61 Å². The van der Waals surface area contributed by atoms with Crippen LogP contribution in [0.5, 0.6) is 5.75 Å². The Balaban J connectivity index is 1.71. The van der Waals surface area contributed by atoms with Crippen LogP contribution < -0.4 is 4.74 Å². The fraction of sp³-hybridized carbons (Fsp3) is 0.118. The van der Waals surface area contributed by atoms with E-state index in [-0.39, 0.29) is 12.3 Å². The molecule has 1 heterocycles. The van der Waals surface area contributed by atoms with Crippen LogP contribution in [0.25, 0.3) is 11.5 Å². The predicted molar refractivity (Wildman–Crippen MR) is 84.1 cm³/mol. The Morgan fingerprint density at radius 1 is 1.13 bits per heavy atom. The Morgan fingerprint density at radius 2 is 1.83 bits per heavy atom. The zero-order chi connectivity index (χ0) is 16.2. The van der Waals surface area contributed by atoms with E-state index in [2.05, 4.69) is 4.98 Å². The minimum atomic E-state index is -0.447. The van der Waals surface area contributed by atoms with E-state index in [9.17, 15) is 10.1 Å². The highest BCUT2D eigenvalue weighted by molar-refractivity contribution is 5.53. The lowest BCUT2D eigenvalue weighted by Crippen LogP contribution is -1.97. The standard InChI is InChI=1S/C17H14N2O4/c1-12-16(18-17(23-12)13-5-3-2-4-6-13)11-22-15-9-7-14(8-10-15)19(20)21/h2-10H,11H2,1H3. The molecular weight excluding hydrogens is 296 g/mol. The molecule has 2 aromatic carbocycles. The van der Waals surface area contributed by atoms with Crippen LogP contribution in [0.2, 0.25) is 0 Å². The molecule has 0 saturated heterocycles. The van der Waals surface area contributed by atoms with Gasteiger partial charge in [0.15, 0.2) is 0 Å². The first-order valence-corrected chi connectivity index (χ1v) is 7.02. The monoisotopic (exact) mass is 310 g/mol. The lowest BCUT2D eigenvalue weighted by Gasteiger charge is -2.03. The van der Waals surface area contributed by atoms with Gasteiger partial charge in [0.2, 0.25) is 5.89 Å². The molecule has 0 aliphatic carbocycles. The fourth-order valence-electron chi connectivity index (χ4n) is 2.08. The lowest BCUT2D eigenvalue weighted by molar-refractivity contribution is -0.384. The summed E-state index contributed by atoms with van der Waals surface area (Å²) in [6.07, 6.45) is 0. The molecule has 6 heteroatoms. The highest BCUT2D eigenvalue weighted by Crippen LogP contribution is 2.23. The van der Waals surface area contributed by atoms with Crippen LogP contribution in [0.1, 0.15) is 11.5 Å². The fourth-order valence-corrected chi connectivity index (χ4v) is 2.08. The largest absolute Gasteiger partial charge is 0.487 e. The van der Waals surface area contributed by atoms with E-state index in [0.717, 1.165) is 5.56 Å². The second-order valence-electron chi connectivity index (χ2n) is 4.93. The Labute approximate surface area is 132 Å². The van der Waals surface area contributed by atoms with Crippen molar-refractivity contribution in [2.75, 3.05) is 0 Å². The molecule has 0 aliphatic rings. The third-order valence-corrected chi connectivity index (χ3v) is 3.34. The molecule has 0 aliphatic heterocycles. The van der Waals surface area contributed by atoms with Crippen LogP contribution in [-0.4, -0.2) is 9.91 Å². The van der Waals surface area contributed by atoms with Crippen molar-refractivity contribution in [2.45, 2.75) is 13.5 Å². The molecule has 3 rings (SSSR count). The smallest absolute Gasteiger partial charge is 0.269 e. The van der Waals surface area contributed by atoms with Crippen molar-refractivity contribution in [3.05, 3.63) is 76.2 Å². The zero-order valence-electron chi connectivity index (χ0n) is 12.4. The SMILES string of the molecule is Cc1oc(-c2ccccc2)nc1COc1ccc([N+](=O)[O-])cc1. The van der Waals surface area contributed by atoms with E-state index in [1.165, 1.54) is 12.1 Å². The summed E-state index contributed by atoms with van der Waals surface area (Å²) >= 11 is 0. The number of aryl methyl sites for hydroxylation is 1. The third kappa shape index (κ3) is 3.37. The maximum Gasteiger partial charge on any atom is 0.269 e. The number of aromatic nitrogens is 1. The second-order valence-corrected chi connectivity index (χ2v) is 4.93. The van der Waals surface area contributed by atoms with Gasteiger partial charge in [-0.1, -0.05) is 18.2 Å². The summed E-state index contributed by atoms with van der Waals surface area (Å²) in [5.41, 5.74) is 1.63. The van der Waals surface area contributed by atoms with Crippen LogP contribution in [0.15, 0.2) is 59.0 Å². The highest BCUT2D eigenvalue weighted by Gasteiger charge is 2.12. The molecule has 1 aromatic heterocycles. The van der Waals surface area contributed by atoms with E-state index in [1.807, 2.05) is 37.3 Å². The summed E-state index contributed by atoms with van der Waals surface area (Å²) in [6.45, 7) is 2.06. The Hall–Kier alpha value is -3.15. The number of nitro benzene ring substituents is 1. The van der Waals surface area contributed by atoms with Gasteiger partial charge in [-0.3, -0.25) is 10.1 Å². The van der Waals surface area contributed by atoms with Gasteiger partial charge < -0.3 is 9.15 Å². The molecule has 0 bridgehead atoms. The molecule has 0 unspecified atom stereocenters. The van der Waals surface area contributed by atoms with Gasteiger partial charge >= 0.3 is 0 Å². The molecule has 116 valence electrons. The molecule has 0 saturated carbocycles. The Morgan fingerprint density at radius 3 is 2.48 bits per heavy atom. The molecule has 0 spiro atoms. The number of nitrogens with zero attached hydrogens (tertiary/aromatic N) is 2. The Bertz CT molecular complexity index is 810. The second kappa shape index (κ2) is 6.31. The van der Waals surface area contributed by atoms with E-state index in [4.69, 9.17) is 9.15 Å². The summed E-state index contributed by atoms with van der Waals surface area (Å²) in [7, 11) is 0. The molecule has 0 radical (unpaired) electrons. The minimum absolute atomic E-state index is 0.0290. The normalized spacial score (nSPS) is 10.5. The van der Waals surface area contributed by atoms with E-state index in [0.29, 0.717) is 23.1 Å². The van der Waals surface area contributed by atoms with Crippen molar-refractivity contribution in [2.24, 2.45) is 0 Å². The summed E-state index contributed by atoms with van der Waals surface area (Å²) in [4.78, 5) is 14.6. The van der Waals surface area contributed by atoms with Crippen LogP contribution in [0, 0.1) is 17.0 Å². The average Bonchev–Trinajstić information content (AvgIpc) is 2.95. The van der Waals surface area contributed by atoms with Crippen LogP contribution in [0.3, 0.4) is 0 Å². The zero-order valence-corrected chi connectivity index (χ0v) is 12.4. The molecule has 0 atom stereocenters. The first kappa shape index (κ1) is 14.8. The van der Waals surface area contributed by atoms with Crippen molar-refractivity contribution in [1.29, 1.82) is 0 Å². The number of non-ortho nitro benzene ring substituents is 1. The topological polar surface area (TPSA) is 78.4 Å². The minimum Gasteiger partial charge on any atom is -0.487 e. The third-order valence-electron chi connectivity index (χ3n) is 3.34. The van der Waals surface area contributed by atoms with Gasteiger partial charge in [0.05, 0.1) is 4.92 Å². The lowest BCUT2D eigenvalue weighted by atomic mass is 10.2. The molecule has 6 nitrogen and oxygen atoms in total. The number of nitro groups is 1. The summed E-state index contributed by atoms with van der Waals surface area (Å²) < 4.78 is 11.3. The van der Waals surface area contributed by atoms with Crippen LogP contribution in [0.4, 0.5) is 5.69 Å². The maximum absolute atomic E-state index is 10.6. The van der Waals surface area contributed by atoms with Gasteiger partial charge in [-0.2, -0.15) is 0 Å². The van der Waals surface area contributed by atoms with Gasteiger partial charge in [-0.05, 0) is 31.2 Å². The molecular formula is C17H14N2O4. The molecule has 0 N–H and O–H groups in total. The van der Waals surface area contributed by atoms with Gasteiger partial charge in [-0.15, -0.1) is 0 Å². The first-order valence-electron chi connectivity index (χ1n) is 7.02. The number of ether oxygens (including phenoxy) is 1. The molecule has 23 heavy (non-hydrogen) atoms. The maximum atomic E-state index is 10.6. The summed E-state index contributed by atoms with van der Waals surface area (Å²) in [5, 5.41) is 10.6. The van der Waals surface area contributed by atoms with Crippen molar-refractivity contribution in [3.63, 3.8) is 0 Å². The van der Waals surface area contributed by atoms with Gasteiger partial charge in [0.1, 0.15) is 23.8 Å². The average molecular weight is 310 g/mol. The van der Waals surface area contributed by atoms with E-state index >= 15 is 0 Å². The molecule has 3 aromatic rings. The first-order chi connectivity index (χ1) is 11.1. The summed E-state index contributed by atoms with van der Waals surface area (Å²) in [5.74, 6) is 1.77. The number of hydrogen-bond acceptors (Lipinski definition) is 5. The van der Waals surface area contributed by atoms with Gasteiger partial charge in [0, 0.05) is 17.7 Å². The van der Waals surface area contributed by atoms with Crippen molar-refractivity contribution in [3.8, 4) is 17.2 Å². The predicted octanol–water partition coefficient (Wildman–Crippen LogP) is 4.14. The van der Waals surface area contributed by atoms with Crippen molar-refractivity contribution in [1.82, 2.24) is 4.98 Å². The quantitative estimate of drug-likeness (QED) is 0.523. The Kier molecular flexibility index (Phi) is 4.05. The van der Waals surface area contributed by atoms with Crippen LogP contribution >= 0.6 is 0 Å². The molecule has 0 amide bonds. The highest BCUT2D eigenvalue weighted by atomic mass is 16.6. The van der Waals surface area contributed by atoms with Gasteiger partial charge in [-0.25, -0.2) is 4.98 Å². The summed E-state index contributed by atoms with van der Waals surface area (Å²) in [6, 6.07) is 15.5. The number of hydrogen-bond donors (Lipinski definition) is 0. The van der Waals surface area contributed by atoms with Crippen molar-refractivity contribution < 1.29 is 14.1 Å². The van der Waals surface area contributed by atoms with Gasteiger partial charge in [0.25, 0.3) is 5.69 Å². The number of rotatable bonds is 5. The number of oxazole rings is 1. The van der Waals surface area contributed by atoms with E-state index < -0.39 is 4.92 Å². The molecule has 0 fully saturated rings.